The standard InChI is InChI=1S/C6H17OP.C4H8O2S/c1-7-5-6-8(2,3)4;1-7-3-2-4(5)6/h8H,5-6H2,1-4H3;2-3H2,1H3,(H,5,6). The topological polar surface area (TPSA) is 46.5 Å². The summed E-state index contributed by atoms with van der Waals surface area (Å²) in [5.74, 6) is 0.00403. The number of ether oxygens (including phenoxy) is 1. The summed E-state index contributed by atoms with van der Waals surface area (Å²) in [5, 5.41) is 8.03. The molecule has 0 bridgehead atoms. The Bertz CT molecular complexity index is 157. The zero-order valence-corrected chi connectivity index (χ0v) is 12.3. The van der Waals surface area contributed by atoms with Gasteiger partial charge in [-0.05, 0) is 6.26 Å². The number of aliphatic carboxylic acids is 1. The van der Waals surface area contributed by atoms with Gasteiger partial charge in [0.25, 0.3) is 0 Å². The molecule has 0 heterocycles. The Morgan fingerprint density at radius 1 is 1.40 bits per heavy atom. The fraction of sp³-hybridized carbons (Fsp3) is 0.900. The van der Waals surface area contributed by atoms with Gasteiger partial charge < -0.3 is 5.11 Å². The van der Waals surface area contributed by atoms with Crippen molar-refractivity contribution in [1.82, 2.24) is 0 Å². The molecule has 0 unspecified atom stereocenters. The zero-order chi connectivity index (χ0) is 12.3. The van der Waals surface area contributed by atoms with Crippen LogP contribution in [0.25, 0.3) is 0 Å². The van der Waals surface area contributed by atoms with Gasteiger partial charge in [0.05, 0.1) is 6.42 Å². The van der Waals surface area contributed by atoms with Gasteiger partial charge in [-0.3, -0.25) is 4.79 Å². The monoisotopic (exact) mass is 256 g/mol. The van der Waals surface area contributed by atoms with Crippen molar-refractivity contribution in [3.05, 3.63) is 0 Å². The van der Waals surface area contributed by atoms with Gasteiger partial charge in [-0.15, -0.1) is 0 Å². The van der Waals surface area contributed by atoms with Crippen molar-refractivity contribution in [2.75, 3.05) is 51.9 Å². The third kappa shape index (κ3) is 25.0. The minimum absolute atomic E-state index is 0.279. The van der Waals surface area contributed by atoms with Crippen LogP contribution >= 0.6 is 19.0 Å². The van der Waals surface area contributed by atoms with E-state index >= 15 is 0 Å². The molecule has 0 aromatic heterocycles. The van der Waals surface area contributed by atoms with E-state index in [0.717, 1.165) is 12.4 Å². The number of carboxylic acid groups (broad SMARTS) is 1. The quantitative estimate of drug-likeness (QED) is 0.739. The zero-order valence-electron chi connectivity index (χ0n) is 10.5. The van der Waals surface area contributed by atoms with Gasteiger partial charge in [-0.2, -0.15) is 11.8 Å². The average Bonchev–Trinajstić information content (AvgIpc) is 2.11. The van der Waals surface area contributed by atoms with Crippen molar-refractivity contribution in [3.63, 3.8) is 0 Å². The van der Waals surface area contributed by atoms with Gasteiger partial charge in [0.1, 0.15) is 0 Å². The minimum atomic E-state index is -0.803. The predicted molar refractivity (Wildman–Crippen MR) is 73.5 cm³/mol. The number of thioether (sulfide) groups is 1. The summed E-state index contributed by atoms with van der Waals surface area (Å²) >= 11 is 1.55. The first kappa shape index (κ1) is 17.6. The largest absolute Gasteiger partial charge is 0.481 e. The second-order valence-corrected chi connectivity index (χ2v) is 11.0. The molecule has 0 aliphatic rings. The van der Waals surface area contributed by atoms with E-state index in [-0.39, 0.29) is 6.42 Å². The third-order valence-corrected chi connectivity index (χ3v) is 3.89. The van der Waals surface area contributed by atoms with E-state index in [0.29, 0.717) is 0 Å². The van der Waals surface area contributed by atoms with Crippen molar-refractivity contribution >= 4 is 25.0 Å². The maximum Gasteiger partial charge on any atom is 0.304 e. The average molecular weight is 256 g/mol. The first-order chi connectivity index (χ1) is 6.83. The Morgan fingerprint density at radius 3 is 2.07 bits per heavy atom. The summed E-state index contributed by atoms with van der Waals surface area (Å²) in [7, 11) is 0.961. The number of methoxy groups -OCH3 is 1. The molecule has 3 nitrogen and oxygen atoms in total. The van der Waals surface area contributed by atoms with Crippen LogP contribution in [0.5, 0.6) is 0 Å². The molecule has 0 saturated carbocycles. The molecular weight excluding hydrogens is 231 g/mol. The number of rotatable bonds is 6. The maximum atomic E-state index is 9.74. The van der Waals surface area contributed by atoms with E-state index in [9.17, 15) is 4.79 Å². The van der Waals surface area contributed by atoms with Crippen molar-refractivity contribution in [1.29, 1.82) is 0 Å². The van der Waals surface area contributed by atoms with Gasteiger partial charge in [0.15, 0.2) is 0 Å². The molecule has 0 aliphatic carbocycles. The fourth-order valence-corrected chi connectivity index (χ4v) is 1.79. The van der Waals surface area contributed by atoms with E-state index in [1.807, 2.05) is 6.26 Å². The SMILES string of the molecule is COCC[PH](C)(C)C.CSCCC(=O)O. The van der Waals surface area contributed by atoms with Gasteiger partial charge >= 0.3 is 57.8 Å². The Labute approximate surface area is 98.3 Å². The number of hydrogen-bond acceptors (Lipinski definition) is 3. The van der Waals surface area contributed by atoms with Gasteiger partial charge in [0.2, 0.25) is 0 Å². The molecule has 0 saturated heterocycles. The molecule has 0 amide bonds. The molecule has 94 valence electrons. The third-order valence-electron chi connectivity index (χ3n) is 1.58. The first-order valence-electron chi connectivity index (χ1n) is 5.03. The molecule has 0 rings (SSSR count). The molecular formula is C10H25O3PS. The first-order valence-corrected chi connectivity index (χ1v) is 10.1. The normalized spacial score (nSPS) is 11.5. The minimum Gasteiger partial charge on any atom is -0.481 e. The van der Waals surface area contributed by atoms with E-state index in [1.54, 1.807) is 18.9 Å². The summed E-state index contributed by atoms with van der Waals surface area (Å²) in [6.07, 6.45) is 3.45. The van der Waals surface area contributed by atoms with E-state index < -0.39 is 13.2 Å². The molecule has 0 spiro atoms. The Hall–Kier alpha value is 0.210. The van der Waals surface area contributed by atoms with Crippen LogP contribution in [0, 0.1) is 0 Å². The van der Waals surface area contributed by atoms with Crippen molar-refractivity contribution in [2.24, 2.45) is 0 Å². The van der Waals surface area contributed by atoms with Gasteiger partial charge in [-0.1, -0.05) is 0 Å². The Balaban J connectivity index is 0. The molecule has 0 aromatic rings. The van der Waals surface area contributed by atoms with Crippen LogP contribution in [-0.2, 0) is 9.53 Å². The van der Waals surface area contributed by atoms with Gasteiger partial charge in [0, 0.05) is 5.75 Å². The van der Waals surface area contributed by atoms with Crippen LogP contribution in [0.2, 0.25) is 0 Å². The van der Waals surface area contributed by atoms with E-state index in [2.05, 4.69) is 20.0 Å². The second-order valence-electron chi connectivity index (χ2n) is 4.44. The summed E-state index contributed by atoms with van der Waals surface area (Å²) < 4.78 is 4.95. The van der Waals surface area contributed by atoms with Gasteiger partial charge in [-0.25, -0.2) is 0 Å². The van der Waals surface area contributed by atoms with E-state index in [4.69, 9.17) is 9.84 Å². The Kier molecular flexibility index (Phi) is 12.6. The van der Waals surface area contributed by atoms with Crippen molar-refractivity contribution < 1.29 is 14.6 Å². The van der Waals surface area contributed by atoms with Crippen LogP contribution in [0.3, 0.4) is 0 Å². The van der Waals surface area contributed by atoms with Crippen LogP contribution in [0.1, 0.15) is 6.42 Å². The molecule has 5 heteroatoms. The number of carboxylic acids is 1. The van der Waals surface area contributed by atoms with Crippen LogP contribution in [0.4, 0.5) is 0 Å². The number of carbonyl (C=O) groups is 1. The molecule has 0 atom stereocenters. The van der Waals surface area contributed by atoms with Crippen molar-refractivity contribution in [3.8, 4) is 0 Å². The van der Waals surface area contributed by atoms with Crippen LogP contribution < -0.4 is 0 Å². The molecule has 0 fully saturated rings. The van der Waals surface area contributed by atoms with Crippen LogP contribution in [0.15, 0.2) is 0 Å². The summed E-state index contributed by atoms with van der Waals surface area (Å²) in [6, 6.07) is 0. The molecule has 1 N–H and O–H groups in total. The van der Waals surface area contributed by atoms with Crippen molar-refractivity contribution in [2.45, 2.75) is 6.42 Å². The smallest absolute Gasteiger partial charge is 0.304 e. The second kappa shape index (κ2) is 10.7. The fourth-order valence-electron chi connectivity index (χ4n) is 0.598. The molecule has 0 aromatic carbocycles. The van der Waals surface area contributed by atoms with E-state index in [1.165, 1.54) is 6.16 Å². The molecule has 0 aliphatic heterocycles. The maximum absolute atomic E-state index is 9.74. The molecule has 0 radical (unpaired) electrons. The summed E-state index contributed by atoms with van der Waals surface area (Å²) in [4.78, 5) is 9.74. The summed E-state index contributed by atoms with van der Waals surface area (Å²) in [5.41, 5.74) is 0. The predicted octanol–water partition coefficient (Wildman–Crippen LogP) is 2.10. The Morgan fingerprint density at radius 2 is 1.93 bits per heavy atom. The summed E-state index contributed by atoms with van der Waals surface area (Å²) in [6.45, 7) is 8.00. The molecule has 15 heavy (non-hydrogen) atoms. The van der Waals surface area contributed by atoms with Crippen LogP contribution in [-0.4, -0.2) is 63.0 Å². The number of hydrogen-bond donors (Lipinski definition) is 1.